The fraction of sp³-hybridized carbons (Fsp3) is 0.750. The number of carbonyl (C=O) groups excluding carboxylic acids is 1. The van der Waals surface area contributed by atoms with Gasteiger partial charge in [0.25, 0.3) is 0 Å². The second-order valence-corrected chi connectivity index (χ2v) is 3.69. The van der Waals surface area contributed by atoms with E-state index in [4.69, 9.17) is 5.11 Å². The van der Waals surface area contributed by atoms with E-state index in [2.05, 4.69) is 11.9 Å². The SMILES string of the molecule is C=CC(=O)NCCCCCCCCCO. The van der Waals surface area contributed by atoms with Crippen molar-refractivity contribution in [2.75, 3.05) is 13.2 Å². The summed E-state index contributed by atoms with van der Waals surface area (Å²) in [5.41, 5.74) is 0. The summed E-state index contributed by atoms with van der Waals surface area (Å²) in [7, 11) is 0. The van der Waals surface area contributed by atoms with E-state index in [1.807, 2.05) is 0 Å². The zero-order valence-corrected chi connectivity index (χ0v) is 9.50. The number of rotatable bonds is 10. The van der Waals surface area contributed by atoms with Crippen LogP contribution in [0.4, 0.5) is 0 Å². The van der Waals surface area contributed by atoms with E-state index in [1.54, 1.807) is 0 Å². The number of aliphatic hydroxyl groups excluding tert-OH is 1. The molecular formula is C12H23NO2. The molecule has 15 heavy (non-hydrogen) atoms. The van der Waals surface area contributed by atoms with Crippen molar-refractivity contribution in [1.29, 1.82) is 0 Å². The van der Waals surface area contributed by atoms with Crippen molar-refractivity contribution in [3.05, 3.63) is 12.7 Å². The molecule has 0 aliphatic heterocycles. The molecule has 0 aliphatic carbocycles. The van der Waals surface area contributed by atoms with Gasteiger partial charge in [0.05, 0.1) is 0 Å². The van der Waals surface area contributed by atoms with Crippen LogP contribution in [0.2, 0.25) is 0 Å². The fourth-order valence-electron chi connectivity index (χ4n) is 1.40. The molecule has 0 aromatic heterocycles. The third-order valence-electron chi connectivity index (χ3n) is 2.32. The van der Waals surface area contributed by atoms with Gasteiger partial charge in [0.2, 0.25) is 5.91 Å². The Morgan fingerprint density at radius 1 is 1.07 bits per heavy atom. The van der Waals surface area contributed by atoms with Crippen LogP contribution in [0.15, 0.2) is 12.7 Å². The summed E-state index contributed by atoms with van der Waals surface area (Å²) in [5, 5.41) is 11.3. The lowest BCUT2D eigenvalue weighted by Gasteiger charge is -2.02. The Bertz CT molecular complexity index is 169. The number of aliphatic hydroxyl groups is 1. The molecule has 0 atom stereocenters. The van der Waals surface area contributed by atoms with Gasteiger partial charge in [-0.3, -0.25) is 4.79 Å². The molecule has 3 heteroatoms. The van der Waals surface area contributed by atoms with E-state index >= 15 is 0 Å². The first-order valence-corrected chi connectivity index (χ1v) is 5.82. The molecule has 0 aromatic carbocycles. The summed E-state index contributed by atoms with van der Waals surface area (Å²) in [6.07, 6.45) is 9.22. The first-order chi connectivity index (χ1) is 7.31. The number of hydrogen-bond acceptors (Lipinski definition) is 2. The van der Waals surface area contributed by atoms with Crippen LogP contribution in [0.1, 0.15) is 44.9 Å². The van der Waals surface area contributed by atoms with E-state index in [0.29, 0.717) is 6.61 Å². The Balaban J connectivity index is 2.98. The monoisotopic (exact) mass is 213 g/mol. The summed E-state index contributed by atoms with van der Waals surface area (Å²) in [5.74, 6) is -0.0852. The van der Waals surface area contributed by atoms with E-state index in [9.17, 15) is 4.79 Å². The van der Waals surface area contributed by atoms with Crippen molar-refractivity contribution in [3.63, 3.8) is 0 Å². The van der Waals surface area contributed by atoms with Crippen LogP contribution in [0.3, 0.4) is 0 Å². The first-order valence-electron chi connectivity index (χ1n) is 5.82. The molecule has 0 bridgehead atoms. The second kappa shape index (κ2) is 11.2. The Labute approximate surface area is 92.6 Å². The van der Waals surface area contributed by atoms with Gasteiger partial charge >= 0.3 is 0 Å². The van der Waals surface area contributed by atoms with Crippen LogP contribution in [-0.4, -0.2) is 24.2 Å². The minimum atomic E-state index is -0.0852. The summed E-state index contributed by atoms with van der Waals surface area (Å²) in [6.45, 7) is 4.45. The van der Waals surface area contributed by atoms with Gasteiger partial charge in [0.15, 0.2) is 0 Å². The number of hydrogen-bond donors (Lipinski definition) is 2. The summed E-state index contributed by atoms with van der Waals surface area (Å²) in [4.78, 5) is 10.8. The standard InChI is InChI=1S/C12H23NO2/c1-2-12(15)13-10-8-6-4-3-5-7-9-11-14/h2,14H,1,3-11H2,(H,13,15). The molecule has 0 saturated heterocycles. The molecule has 0 rings (SSSR count). The Kier molecular flexibility index (Phi) is 10.6. The highest BCUT2D eigenvalue weighted by atomic mass is 16.2. The van der Waals surface area contributed by atoms with Gasteiger partial charge in [0, 0.05) is 13.2 Å². The van der Waals surface area contributed by atoms with E-state index < -0.39 is 0 Å². The van der Waals surface area contributed by atoms with Crippen molar-refractivity contribution < 1.29 is 9.90 Å². The molecule has 88 valence electrons. The van der Waals surface area contributed by atoms with Gasteiger partial charge in [0.1, 0.15) is 0 Å². The lowest BCUT2D eigenvalue weighted by Crippen LogP contribution is -2.21. The van der Waals surface area contributed by atoms with Gasteiger partial charge in [-0.2, -0.15) is 0 Å². The maximum atomic E-state index is 10.8. The van der Waals surface area contributed by atoms with Crippen molar-refractivity contribution in [1.82, 2.24) is 5.32 Å². The Morgan fingerprint density at radius 3 is 2.13 bits per heavy atom. The van der Waals surface area contributed by atoms with Gasteiger partial charge in [-0.05, 0) is 18.9 Å². The van der Waals surface area contributed by atoms with Crippen LogP contribution in [0.25, 0.3) is 0 Å². The maximum Gasteiger partial charge on any atom is 0.243 e. The van der Waals surface area contributed by atoms with Crippen LogP contribution in [0, 0.1) is 0 Å². The van der Waals surface area contributed by atoms with Crippen molar-refractivity contribution in [3.8, 4) is 0 Å². The molecule has 0 fully saturated rings. The molecule has 3 nitrogen and oxygen atoms in total. The van der Waals surface area contributed by atoms with Crippen LogP contribution < -0.4 is 5.32 Å². The molecule has 0 aliphatic rings. The predicted molar refractivity (Wildman–Crippen MR) is 62.6 cm³/mol. The minimum absolute atomic E-state index is 0.0852. The van der Waals surface area contributed by atoms with Gasteiger partial charge in [-0.15, -0.1) is 0 Å². The normalized spacial score (nSPS) is 9.93. The zero-order chi connectivity index (χ0) is 11.4. The molecule has 0 saturated carbocycles. The topological polar surface area (TPSA) is 49.3 Å². The van der Waals surface area contributed by atoms with Crippen molar-refractivity contribution in [2.24, 2.45) is 0 Å². The Hall–Kier alpha value is -0.830. The van der Waals surface area contributed by atoms with Crippen LogP contribution in [0.5, 0.6) is 0 Å². The summed E-state index contributed by atoms with van der Waals surface area (Å²) in [6, 6.07) is 0. The number of carbonyl (C=O) groups is 1. The quantitative estimate of drug-likeness (QED) is 0.431. The maximum absolute atomic E-state index is 10.8. The highest BCUT2D eigenvalue weighted by Gasteiger charge is 1.93. The largest absolute Gasteiger partial charge is 0.396 e. The van der Waals surface area contributed by atoms with Gasteiger partial charge in [-0.25, -0.2) is 0 Å². The lowest BCUT2D eigenvalue weighted by molar-refractivity contribution is -0.116. The van der Waals surface area contributed by atoms with Crippen LogP contribution >= 0.6 is 0 Å². The molecule has 0 aromatic rings. The number of amides is 1. The average molecular weight is 213 g/mol. The number of unbranched alkanes of at least 4 members (excludes halogenated alkanes) is 6. The third kappa shape index (κ3) is 11.1. The molecule has 0 radical (unpaired) electrons. The fourth-order valence-corrected chi connectivity index (χ4v) is 1.40. The first kappa shape index (κ1) is 14.2. The highest BCUT2D eigenvalue weighted by Crippen LogP contribution is 2.06. The molecule has 1 amide bonds. The molecular weight excluding hydrogens is 190 g/mol. The van der Waals surface area contributed by atoms with Crippen molar-refractivity contribution >= 4 is 5.91 Å². The predicted octanol–water partition coefficient (Wildman–Crippen LogP) is 2.01. The van der Waals surface area contributed by atoms with Crippen LogP contribution in [-0.2, 0) is 4.79 Å². The summed E-state index contributed by atoms with van der Waals surface area (Å²) >= 11 is 0. The van der Waals surface area contributed by atoms with E-state index in [0.717, 1.165) is 32.2 Å². The minimum Gasteiger partial charge on any atom is -0.396 e. The average Bonchev–Trinajstić information content (AvgIpc) is 2.26. The lowest BCUT2D eigenvalue weighted by atomic mass is 10.1. The smallest absolute Gasteiger partial charge is 0.243 e. The van der Waals surface area contributed by atoms with E-state index in [1.165, 1.54) is 25.3 Å². The van der Waals surface area contributed by atoms with Crippen molar-refractivity contribution in [2.45, 2.75) is 44.9 Å². The van der Waals surface area contributed by atoms with E-state index in [-0.39, 0.29) is 5.91 Å². The zero-order valence-electron chi connectivity index (χ0n) is 9.50. The van der Waals surface area contributed by atoms with Gasteiger partial charge < -0.3 is 10.4 Å². The molecule has 0 unspecified atom stereocenters. The molecule has 0 heterocycles. The van der Waals surface area contributed by atoms with Gasteiger partial charge in [-0.1, -0.05) is 38.7 Å². The molecule has 0 spiro atoms. The molecule has 2 N–H and O–H groups in total. The number of nitrogens with one attached hydrogen (secondary N) is 1. The second-order valence-electron chi connectivity index (χ2n) is 3.69. The highest BCUT2D eigenvalue weighted by molar-refractivity contribution is 5.86. The Morgan fingerprint density at radius 2 is 1.60 bits per heavy atom. The third-order valence-corrected chi connectivity index (χ3v) is 2.32. The summed E-state index contributed by atoms with van der Waals surface area (Å²) < 4.78 is 0.